The first-order valence-corrected chi connectivity index (χ1v) is 9.95. The number of nitrogens with one attached hydrogen (secondary N) is 2. The molecule has 1 aliphatic heterocycles. The molecule has 1 aromatic rings. The molecule has 0 bridgehead atoms. The maximum atomic E-state index is 12.1. The zero-order chi connectivity index (χ0) is 19.6. The first-order valence-electron chi connectivity index (χ1n) is 9.95. The van der Waals surface area contributed by atoms with E-state index in [4.69, 9.17) is 4.74 Å². The van der Waals surface area contributed by atoms with Crippen molar-refractivity contribution >= 4 is 11.9 Å². The fraction of sp³-hybridized carbons (Fsp3) is 0.619. The molecule has 27 heavy (non-hydrogen) atoms. The fourth-order valence-electron chi connectivity index (χ4n) is 3.09. The molecule has 150 valence electrons. The molecule has 0 aromatic heterocycles. The summed E-state index contributed by atoms with van der Waals surface area (Å²) in [6.07, 6.45) is 2.96. The van der Waals surface area contributed by atoms with Crippen LogP contribution in [-0.4, -0.2) is 56.1 Å². The Morgan fingerprint density at radius 1 is 1.30 bits per heavy atom. The summed E-state index contributed by atoms with van der Waals surface area (Å²) in [7, 11) is 1.78. The topological polar surface area (TPSA) is 66.0 Å². The summed E-state index contributed by atoms with van der Waals surface area (Å²) in [5.41, 5.74) is 1.24. The van der Waals surface area contributed by atoms with Crippen LogP contribution in [0.25, 0.3) is 0 Å². The summed E-state index contributed by atoms with van der Waals surface area (Å²) >= 11 is 0. The molecule has 1 saturated heterocycles. The SMILES string of the molecule is CN=C(NCCCCOc1ccc(C)cc1)NC1CCN(C(=O)C(C)C)C1. The molecule has 6 nitrogen and oxygen atoms in total. The van der Waals surface area contributed by atoms with E-state index in [1.165, 1.54) is 5.56 Å². The number of likely N-dealkylation sites (tertiary alicyclic amines) is 1. The lowest BCUT2D eigenvalue weighted by atomic mass is 10.2. The average molecular weight is 375 g/mol. The van der Waals surface area contributed by atoms with Gasteiger partial charge >= 0.3 is 0 Å². The molecule has 0 aliphatic carbocycles. The highest BCUT2D eigenvalue weighted by atomic mass is 16.5. The van der Waals surface area contributed by atoms with Gasteiger partial charge < -0.3 is 20.3 Å². The number of carbonyl (C=O) groups is 1. The second-order valence-electron chi connectivity index (χ2n) is 7.44. The molecule has 2 rings (SSSR count). The van der Waals surface area contributed by atoms with E-state index in [0.29, 0.717) is 6.61 Å². The molecule has 6 heteroatoms. The molecule has 0 radical (unpaired) electrons. The molecule has 1 aliphatic rings. The number of nitrogens with zero attached hydrogens (tertiary/aromatic N) is 2. The number of guanidine groups is 1. The lowest BCUT2D eigenvalue weighted by molar-refractivity contribution is -0.133. The molecule has 1 fully saturated rings. The predicted octanol–water partition coefficient (Wildman–Crippen LogP) is 2.58. The minimum Gasteiger partial charge on any atom is -0.494 e. The summed E-state index contributed by atoms with van der Waals surface area (Å²) in [5.74, 6) is 2.02. The number of benzene rings is 1. The van der Waals surface area contributed by atoms with Crippen molar-refractivity contribution in [3.05, 3.63) is 29.8 Å². The number of carbonyl (C=O) groups excluding carboxylic acids is 1. The highest BCUT2D eigenvalue weighted by molar-refractivity contribution is 5.81. The standard InChI is InChI=1S/C21H34N4O2/c1-16(2)20(26)25-13-11-18(15-25)24-21(22-4)23-12-5-6-14-27-19-9-7-17(3)8-10-19/h7-10,16,18H,5-6,11-15H2,1-4H3,(H2,22,23,24). The Labute approximate surface area is 163 Å². The van der Waals surface area contributed by atoms with E-state index in [1.54, 1.807) is 7.05 Å². The molecule has 1 amide bonds. The van der Waals surface area contributed by atoms with Gasteiger partial charge in [-0.25, -0.2) is 0 Å². The quantitative estimate of drug-likeness (QED) is 0.417. The molecular formula is C21H34N4O2. The van der Waals surface area contributed by atoms with Crippen LogP contribution in [0.5, 0.6) is 5.75 Å². The van der Waals surface area contributed by atoms with Crippen LogP contribution in [0.15, 0.2) is 29.3 Å². The van der Waals surface area contributed by atoms with Gasteiger partial charge in [-0.05, 0) is 38.3 Å². The Bertz CT molecular complexity index is 613. The summed E-state index contributed by atoms with van der Waals surface area (Å²) < 4.78 is 5.74. The summed E-state index contributed by atoms with van der Waals surface area (Å²) in [6.45, 7) is 9.11. The highest BCUT2D eigenvalue weighted by Gasteiger charge is 2.27. The summed E-state index contributed by atoms with van der Waals surface area (Å²) in [5, 5.41) is 6.77. The Hall–Kier alpha value is -2.24. The van der Waals surface area contributed by atoms with Crippen molar-refractivity contribution in [3.63, 3.8) is 0 Å². The van der Waals surface area contributed by atoms with E-state index in [9.17, 15) is 4.79 Å². The number of hydrogen-bond acceptors (Lipinski definition) is 3. The van der Waals surface area contributed by atoms with Crippen LogP contribution in [-0.2, 0) is 4.79 Å². The Balaban J connectivity index is 1.59. The molecule has 0 saturated carbocycles. The molecule has 1 unspecified atom stereocenters. The van der Waals surface area contributed by atoms with Crippen LogP contribution in [0.3, 0.4) is 0 Å². The van der Waals surface area contributed by atoms with Gasteiger partial charge in [0.2, 0.25) is 5.91 Å². The molecule has 0 spiro atoms. The van der Waals surface area contributed by atoms with Gasteiger partial charge in [0.1, 0.15) is 5.75 Å². The Morgan fingerprint density at radius 3 is 2.70 bits per heavy atom. The Morgan fingerprint density at radius 2 is 2.04 bits per heavy atom. The van der Waals surface area contributed by atoms with Crippen LogP contribution in [0, 0.1) is 12.8 Å². The predicted molar refractivity (Wildman–Crippen MR) is 110 cm³/mol. The van der Waals surface area contributed by atoms with Gasteiger partial charge in [-0.2, -0.15) is 0 Å². The van der Waals surface area contributed by atoms with Crippen LogP contribution in [0.1, 0.15) is 38.7 Å². The molecule has 2 N–H and O–H groups in total. The third-order valence-electron chi connectivity index (χ3n) is 4.71. The monoisotopic (exact) mass is 374 g/mol. The minimum absolute atomic E-state index is 0.0586. The van der Waals surface area contributed by atoms with Crippen molar-refractivity contribution < 1.29 is 9.53 Å². The van der Waals surface area contributed by atoms with Gasteiger partial charge in [0, 0.05) is 38.6 Å². The second kappa shape index (κ2) is 10.8. The number of aliphatic imine (C=N–C) groups is 1. The van der Waals surface area contributed by atoms with Gasteiger partial charge in [-0.15, -0.1) is 0 Å². The largest absolute Gasteiger partial charge is 0.494 e. The number of aryl methyl sites for hydroxylation is 1. The summed E-state index contributed by atoms with van der Waals surface area (Å²) in [4.78, 5) is 18.3. The zero-order valence-electron chi connectivity index (χ0n) is 17.1. The third kappa shape index (κ3) is 7.12. The van der Waals surface area contributed by atoms with Crippen molar-refractivity contribution in [2.75, 3.05) is 33.3 Å². The summed E-state index contributed by atoms with van der Waals surface area (Å²) in [6, 6.07) is 8.41. The van der Waals surface area contributed by atoms with Crippen molar-refractivity contribution in [1.29, 1.82) is 0 Å². The minimum atomic E-state index is 0.0586. The number of rotatable bonds is 8. The van der Waals surface area contributed by atoms with E-state index < -0.39 is 0 Å². The van der Waals surface area contributed by atoms with E-state index in [2.05, 4.69) is 34.7 Å². The van der Waals surface area contributed by atoms with E-state index in [1.807, 2.05) is 30.9 Å². The van der Waals surface area contributed by atoms with Crippen molar-refractivity contribution in [1.82, 2.24) is 15.5 Å². The molecule has 1 heterocycles. The first-order chi connectivity index (χ1) is 13.0. The van der Waals surface area contributed by atoms with Gasteiger partial charge in [-0.1, -0.05) is 31.5 Å². The van der Waals surface area contributed by atoms with Crippen molar-refractivity contribution in [2.24, 2.45) is 10.9 Å². The maximum Gasteiger partial charge on any atom is 0.225 e. The molecule has 1 atom stereocenters. The van der Waals surface area contributed by atoms with Gasteiger partial charge in [0.15, 0.2) is 5.96 Å². The molecule has 1 aromatic carbocycles. The van der Waals surface area contributed by atoms with Crippen LogP contribution in [0.2, 0.25) is 0 Å². The smallest absolute Gasteiger partial charge is 0.225 e. The number of ether oxygens (including phenoxy) is 1. The number of unbranched alkanes of at least 4 members (excludes halogenated alkanes) is 1. The number of hydrogen-bond donors (Lipinski definition) is 2. The normalized spacial score (nSPS) is 17.3. The van der Waals surface area contributed by atoms with Crippen LogP contribution < -0.4 is 15.4 Å². The van der Waals surface area contributed by atoms with Crippen LogP contribution in [0.4, 0.5) is 0 Å². The fourth-order valence-corrected chi connectivity index (χ4v) is 3.09. The Kier molecular flexibility index (Phi) is 8.43. The van der Waals surface area contributed by atoms with Crippen molar-refractivity contribution in [3.8, 4) is 5.75 Å². The van der Waals surface area contributed by atoms with Gasteiger partial charge in [0.25, 0.3) is 0 Å². The maximum absolute atomic E-state index is 12.1. The third-order valence-corrected chi connectivity index (χ3v) is 4.71. The first kappa shape index (κ1) is 21.1. The number of amides is 1. The lowest BCUT2D eigenvalue weighted by Crippen LogP contribution is -2.45. The van der Waals surface area contributed by atoms with E-state index >= 15 is 0 Å². The van der Waals surface area contributed by atoms with E-state index in [0.717, 1.165) is 50.6 Å². The van der Waals surface area contributed by atoms with Gasteiger partial charge in [-0.3, -0.25) is 9.79 Å². The average Bonchev–Trinajstić information content (AvgIpc) is 3.12. The van der Waals surface area contributed by atoms with E-state index in [-0.39, 0.29) is 17.9 Å². The van der Waals surface area contributed by atoms with Gasteiger partial charge in [0.05, 0.1) is 6.61 Å². The molecular weight excluding hydrogens is 340 g/mol. The highest BCUT2D eigenvalue weighted by Crippen LogP contribution is 2.13. The zero-order valence-corrected chi connectivity index (χ0v) is 17.1. The second-order valence-corrected chi connectivity index (χ2v) is 7.44. The van der Waals surface area contributed by atoms with Crippen molar-refractivity contribution in [2.45, 2.75) is 46.1 Å². The lowest BCUT2D eigenvalue weighted by Gasteiger charge is -2.20. The van der Waals surface area contributed by atoms with Crippen LogP contribution >= 0.6 is 0 Å².